The zero-order valence-corrected chi connectivity index (χ0v) is 11.3. The molecule has 0 saturated carbocycles. The van der Waals surface area contributed by atoms with Gasteiger partial charge in [-0.3, -0.25) is 4.90 Å². The summed E-state index contributed by atoms with van der Waals surface area (Å²) in [6.07, 6.45) is 2.63. The first kappa shape index (κ1) is 13.5. The topological polar surface area (TPSA) is 63.4 Å². The molecule has 0 spiro atoms. The Labute approximate surface area is 112 Å². The fourth-order valence-electron chi connectivity index (χ4n) is 2.13. The lowest BCUT2D eigenvalue weighted by Gasteiger charge is -2.20. The van der Waals surface area contributed by atoms with Crippen LogP contribution in [-0.4, -0.2) is 36.2 Å². The van der Waals surface area contributed by atoms with Crippen molar-refractivity contribution in [3.05, 3.63) is 22.8 Å². The van der Waals surface area contributed by atoms with Crippen molar-refractivity contribution in [3.63, 3.8) is 0 Å². The van der Waals surface area contributed by atoms with Gasteiger partial charge < -0.3 is 10.2 Å². The maximum atomic E-state index is 6.12. The maximum absolute atomic E-state index is 6.12. The molecular weight excluding hydrogens is 252 g/mol. The van der Waals surface area contributed by atoms with Crippen molar-refractivity contribution >= 4 is 17.4 Å². The van der Waals surface area contributed by atoms with E-state index in [-0.39, 0.29) is 0 Å². The Bertz CT molecular complexity index is 396. The van der Waals surface area contributed by atoms with Crippen molar-refractivity contribution in [2.24, 2.45) is 5.84 Å². The van der Waals surface area contributed by atoms with Crippen molar-refractivity contribution in [1.29, 1.82) is 0 Å². The number of nitrogens with two attached hydrogens (primary N) is 1. The lowest BCUT2D eigenvalue weighted by atomic mass is 10.2. The standard InChI is InChI=1S/C12H19ClN4O/c1-17(7-9-3-2-6-18-9)8-11-10(13)4-5-12(15-11)16-14/h4-5,9H,2-3,6-8,14H2,1H3,(H,15,16). The SMILES string of the molecule is CN(Cc1nc(NN)ccc1Cl)CC1CCCO1. The summed E-state index contributed by atoms with van der Waals surface area (Å²) in [5.41, 5.74) is 3.35. The Morgan fingerprint density at radius 3 is 3.11 bits per heavy atom. The van der Waals surface area contributed by atoms with E-state index in [9.17, 15) is 0 Å². The summed E-state index contributed by atoms with van der Waals surface area (Å²) in [6.45, 7) is 2.47. The van der Waals surface area contributed by atoms with Crippen molar-refractivity contribution < 1.29 is 4.74 Å². The van der Waals surface area contributed by atoms with Gasteiger partial charge >= 0.3 is 0 Å². The average Bonchev–Trinajstić information content (AvgIpc) is 2.84. The van der Waals surface area contributed by atoms with E-state index in [1.807, 2.05) is 7.05 Å². The van der Waals surface area contributed by atoms with Crippen molar-refractivity contribution in [3.8, 4) is 0 Å². The van der Waals surface area contributed by atoms with Crippen LogP contribution in [0, 0.1) is 0 Å². The number of pyridine rings is 1. The van der Waals surface area contributed by atoms with Crippen LogP contribution in [0.1, 0.15) is 18.5 Å². The molecule has 1 atom stereocenters. The molecule has 0 bridgehead atoms. The number of ether oxygens (including phenoxy) is 1. The fraction of sp³-hybridized carbons (Fsp3) is 0.583. The van der Waals surface area contributed by atoms with Crippen molar-refractivity contribution in [2.45, 2.75) is 25.5 Å². The van der Waals surface area contributed by atoms with Gasteiger partial charge in [-0.05, 0) is 32.0 Å². The minimum absolute atomic E-state index is 0.338. The molecule has 100 valence electrons. The van der Waals surface area contributed by atoms with E-state index >= 15 is 0 Å². The molecule has 1 aliphatic heterocycles. The van der Waals surface area contributed by atoms with Crippen LogP contribution in [-0.2, 0) is 11.3 Å². The number of nitrogens with one attached hydrogen (secondary N) is 1. The molecular formula is C12H19ClN4O. The average molecular weight is 271 g/mol. The molecule has 0 radical (unpaired) electrons. The molecule has 6 heteroatoms. The maximum Gasteiger partial charge on any atom is 0.140 e. The number of hydrogen-bond donors (Lipinski definition) is 2. The molecule has 3 N–H and O–H groups in total. The second-order valence-electron chi connectivity index (χ2n) is 4.60. The van der Waals surface area contributed by atoms with Gasteiger partial charge in [-0.2, -0.15) is 0 Å². The van der Waals surface area contributed by atoms with E-state index in [0.29, 0.717) is 23.5 Å². The third-order valence-electron chi connectivity index (χ3n) is 3.03. The molecule has 2 heterocycles. The van der Waals surface area contributed by atoms with Crippen LogP contribution in [0.2, 0.25) is 5.02 Å². The number of halogens is 1. The number of nitrogens with zero attached hydrogens (tertiary/aromatic N) is 2. The van der Waals surface area contributed by atoms with Gasteiger partial charge in [0.05, 0.1) is 16.8 Å². The Kier molecular flexibility index (Phi) is 4.77. The number of aromatic nitrogens is 1. The Morgan fingerprint density at radius 1 is 1.61 bits per heavy atom. The van der Waals surface area contributed by atoms with Crippen LogP contribution < -0.4 is 11.3 Å². The second kappa shape index (κ2) is 6.33. The predicted molar refractivity (Wildman–Crippen MR) is 72.4 cm³/mol. The highest BCUT2D eigenvalue weighted by molar-refractivity contribution is 6.31. The van der Waals surface area contributed by atoms with Crippen LogP contribution in [0.5, 0.6) is 0 Å². The summed E-state index contributed by atoms with van der Waals surface area (Å²) in [6, 6.07) is 3.56. The smallest absolute Gasteiger partial charge is 0.140 e. The Balaban J connectivity index is 1.94. The first-order chi connectivity index (χ1) is 8.69. The lowest BCUT2D eigenvalue weighted by Crippen LogP contribution is -2.28. The Morgan fingerprint density at radius 2 is 2.44 bits per heavy atom. The predicted octanol–water partition coefficient (Wildman–Crippen LogP) is 1.63. The quantitative estimate of drug-likeness (QED) is 0.629. The first-order valence-corrected chi connectivity index (χ1v) is 6.49. The number of nitrogen functional groups attached to an aromatic ring is 1. The van der Waals surface area contributed by atoms with Crippen LogP contribution >= 0.6 is 11.6 Å². The molecule has 0 aromatic carbocycles. The summed E-state index contributed by atoms with van der Waals surface area (Å²) in [7, 11) is 2.04. The van der Waals surface area contributed by atoms with E-state index in [1.165, 1.54) is 0 Å². The van der Waals surface area contributed by atoms with E-state index in [0.717, 1.165) is 31.7 Å². The normalized spacial score (nSPS) is 19.4. The highest BCUT2D eigenvalue weighted by atomic mass is 35.5. The van der Waals surface area contributed by atoms with Gasteiger partial charge in [0, 0.05) is 19.7 Å². The van der Waals surface area contributed by atoms with E-state index in [4.69, 9.17) is 22.2 Å². The molecule has 1 aliphatic rings. The van der Waals surface area contributed by atoms with Crippen LogP contribution in [0.15, 0.2) is 12.1 Å². The lowest BCUT2D eigenvalue weighted by molar-refractivity contribution is 0.0790. The zero-order chi connectivity index (χ0) is 13.0. The van der Waals surface area contributed by atoms with Gasteiger partial charge in [0.2, 0.25) is 0 Å². The van der Waals surface area contributed by atoms with Crippen LogP contribution in [0.25, 0.3) is 0 Å². The van der Waals surface area contributed by atoms with Gasteiger partial charge in [0.1, 0.15) is 5.82 Å². The van der Waals surface area contributed by atoms with Crippen LogP contribution in [0.4, 0.5) is 5.82 Å². The molecule has 1 saturated heterocycles. The van der Waals surface area contributed by atoms with E-state index < -0.39 is 0 Å². The third kappa shape index (κ3) is 3.55. The summed E-state index contributed by atoms with van der Waals surface area (Å²) in [5, 5.41) is 0.660. The van der Waals surface area contributed by atoms with Gasteiger partial charge in [-0.1, -0.05) is 11.6 Å². The highest BCUT2D eigenvalue weighted by Crippen LogP contribution is 2.19. The minimum Gasteiger partial charge on any atom is -0.377 e. The number of rotatable bonds is 5. The van der Waals surface area contributed by atoms with Gasteiger partial charge in [0.15, 0.2) is 0 Å². The van der Waals surface area contributed by atoms with Gasteiger partial charge in [-0.25, -0.2) is 10.8 Å². The van der Waals surface area contributed by atoms with Crippen LogP contribution in [0.3, 0.4) is 0 Å². The molecule has 5 nitrogen and oxygen atoms in total. The molecule has 1 aromatic rings. The van der Waals surface area contributed by atoms with Gasteiger partial charge in [0.25, 0.3) is 0 Å². The summed E-state index contributed by atoms with van der Waals surface area (Å²) >= 11 is 6.12. The molecule has 1 unspecified atom stereocenters. The second-order valence-corrected chi connectivity index (χ2v) is 5.01. The largest absolute Gasteiger partial charge is 0.377 e. The minimum atomic E-state index is 0.338. The van der Waals surface area contributed by atoms with Crippen molar-refractivity contribution in [1.82, 2.24) is 9.88 Å². The monoisotopic (exact) mass is 270 g/mol. The number of hydrogen-bond acceptors (Lipinski definition) is 5. The number of hydrazine groups is 1. The van der Waals surface area contributed by atoms with Crippen molar-refractivity contribution in [2.75, 3.05) is 25.6 Å². The molecule has 0 aliphatic carbocycles. The fourth-order valence-corrected chi connectivity index (χ4v) is 2.30. The first-order valence-electron chi connectivity index (χ1n) is 6.11. The van der Waals surface area contributed by atoms with E-state index in [2.05, 4.69) is 15.3 Å². The summed E-state index contributed by atoms with van der Waals surface area (Å²) < 4.78 is 5.61. The molecule has 0 amide bonds. The highest BCUT2D eigenvalue weighted by Gasteiger charge is 2.18. The zero-order valence-electron chi connectivity index (χ0n) is 10.5. The third-order valence-corrected chi connectivity index (χ3v) is 3.37. The number of anilines is 1. The molecule has 1 fully saturated rings. The van der Waals surface area contributed by atoms with E-state index in [1.54, 1.807) is 12.1 Å². The Hall–Kier alpha value is -0.880. The molecule has 1 aromatic heterocycles. The summed E-state index contributed by atoms with van der Waals surface area (Å²) in [4.78, 5) is 6.53. The summed E-state index contributed by atoms with van der Waals surface area (Å²) in [5.74, 6) is 5.97. The molecule has 18 heavy (non-hydrogen) atoms. The number of likely N-dealkylation sites (N-methyl/N-ethyl adjacent to an activating group) is 1. The van der Waals surface area contributed by atoms with Gasteiger partial charge in [-0.15, -0.1) is 0 Å². The molecule has 2 rings (SSSR count).